The summed E-state index contributed by atoms with van der Waals surface area (Å²) in [5.41, 5.74) is 1.03. The van der Waals surface area contributed by atoms with E-state index in [0.717, 1.165) is 31.7 Å². The summed E-state index contributed by atoms with van der Waals surface area (Å²) in [5.74, 6) is 0.534. The molecule has 1 aromatic heterocycles. The van der Waals surface area contributed by atoms with E-state index in [9.17, 15) is 5.11 Å². The summed E-state index contributed by atoms with van der Waals surface area (Å²) in [6, 6.07) is 2.65. The largest absolute Gasteiger partial charge is 0.393 e. The van der Waals surface area contributed by atoms with Crippen molar-refractivity contribution >= 4 is 0 Å². The molecule has 1 aromatic rings. The molecule has 1 aliphatic carbocycles. The van der Waals surface area contributed by atoms with Gasteiger partial charge in [0.05, 0.1) is 17.8 Å². The molecule has 106 valence electrons. The van der Waals surface area contributed by atoms with E-state index in [1.54, 1.807) is 0 Å². The van der Waals surface area contributed by atoms with Gasteiger partial charge in [-0.3, -0.25) is 4.68 Å². The lowest BCUT2D eigenvalue weighted by Crippen LogP contribution is -2.17. The van der Waals surface area contributed by atoms with Crippen molar-refractivity contribution in [2.24, 2.45) is 5.92 Å². The van der Waals surface area contributed by atoms with E-state index in [-0.39, 0.29) is 6.10 Å². The lowest BCUT2D eigenvalue weighted by atomic mass is 9.98. The third-order valence-electron chi connectivity index (χ3n) is 4.44. The highest BCUT2D eigenvalue weighted by atomic mass is 16.5. The van der Waals surface area contributed by atoms with E-state index in [1.165, 1.54) is 25.7 Å². The Balaban J connectivity index is 1.51. The Labute approximate surface area is 114 Å². The molecule has 19 heavy (non-hydrogen) atoms. The zero-order chi connectivity index (χ0) is 13.1. The van der Waals surface area contributed by atoms with Crippen LogP contribution in [-0.4, -0.2) is 34.2 Å². The summed E-state index contributed by atoms with van der Waals surface area (Å²) in [7, 11) is 0. The van der Waals surface area contributed by atoms with E-state index in [1.807, 2.05) is 0 Å². The average Bonchev–Trinajstić information content (AvgIpc) is 3.09. The monoisotopic (exact) mass is 264 g/mol. The number of aromatic nitrogens is 2. The molecule has 1 N–H and O–H groups in total. The Hall–Kier alpha value is -0.870. The number of aliphatic hydroxyl groups excluding tert-OH is 1. The normalized spacial score (nSPS) is 26.1. The molecule has 0 bridgehead atoms. The lowest BCUT2D eigenvalue weighted by Gasteiger charge is -2.13. The molecule has 1 saturated heterocycles. The predicted molar refractivity (Wildman–Crippen MR) is 73.0 cm³/mol. The van der Waals surface area contributed by atoms with Crippen LogP contribution in [0.5, 0.6) is 0 Å². The molecule has 4 nitrogen and oxygen atoms in total. The summed E-state index contributed by atoms with van der Waals surface area (Å²) in [6.07, 6.45) is 9.57. The van der Waals surface area contributed by atoms with E-state index < -0.39 is 0 Å². The Morgan fingerprint density at radius 1 is 1.37 bits per heavy atom. The quantitative estimate of drug-likeness (QED) is 0.888. The van der Waals surface area contributed by atoms with Crippen molar-refractivity contribution in [3.8, 4) is 0 Å². The van der Waals surface area contributed by atoms with Crippen molar-refractivity contribution in [3.05, 3.63) is 18.0 Å². The Bertz CT molecular complexity index is 393. The molecule has 0 spiro atoms. The van der Waals surface area contributed by atoms with Crippen LogP contribution < -0.4 is 0 Å². The van der Waals surface area contributed by atoms with Gasteiger partial charge in [0.1, 0.15) is 0 Å². The fraction of sp³-hybridized carbons (Fsp3) is 0.800. The first-order valence-electron chi connectivity index (χ1n) is 7.61. The fourth-order valence-electron chi connectivity index (χ4n) is 3.34. The van der Waals surface area contributed by atoms with Gasteiger partial charge >= 0.3 is 0 Å². The maximum Gasteiger partial charge on any atom is 0.0650 e. The van der Waals surface area contributed by atoms with Gasteiger partial charge in [0.2, 0.25) is 0 Å². The van der Waals surface area contributed by atoms with Crippen molar-refractivity contribution in [1.82, 2.24) is 9.78 Å². The highest BCUT2D eigenvalue weighted by molar-refractivity contribution is 5.02. The molecule has 2 unspecified atom stereocenters. The summed E-state index contributed by atoms with van der Waals surface area (Å²) in [5, 5.41) is 14.8. The van der Waals surface area contributed by atoms with Gasteiger partial charge in [-0.15, -0.1) is 0 Å². The number of aliphatic hydroxyl groups is 1. The van der Waals surface area contributed by atoms with Crippen molar-refractivity contribution in [2.75, 3.05) is 13.2 Å². The molecule has 2 fully saturated rings. The predicted octanol–water partition coefficient (Wildman–Crippen LogP) is 2.33. The van der Waals surface area contributed by atoms with Crippen LogP contribution in [0.15, 0.2) is 12.3 Å². The summed E-state index contributed by atoms with van der Waals surface area (Å²) in [4.78, 5) is 0. The third-order valence-corrected chi connectivity index (χ3v) is 4.44. The molecule has 3 rings (SSSR count). The second-order valence-electron chi connectivity index (χ2n) is 6.05. The zero-order valence-corrected chi connectivity index (χ0v) is 11.5. The molecule has 2 aliphatic rings. The second-order valence-corrected chi connectivity index (χ2v) is 6.05. The van der Waals surface area contributed by atoms with E-state index in [4.69, 9.17) is 4.74 Å². The summed E-state index contributed by atoms with van der Waals surface area (Å²) < 4.78 is 7.45. The number of hydrogen-bond donors (Lipinski definition) is 1. The molecule has 1 aliphatic heterocycles. The second kappa shape index (κ2) is 6.06. The van der Waals surface area contributed by atoms with Gasteiger partial charge < -0.3 is 9.84 Å². The Morgan fingerprint density at radius 3 is 2.95 bits per heavy atom. The van der Waals surface area contributed by atoms with Gasteiger partial charge in [0.25, 0.3) is 0 Å². The first-order valence-corrected chi connectivity index (χ1v) is 7.61. The topological polar surface area (TPSA) is 47.3 Å². The Kier molecular flexibility index (Phi) is 4.18. The molecule has 2 heterocycles. The van der Waals surface area contributed by atoms with Crippen LogP contribution in [0.4, 0.5) is 0 Å². The maximum atomic E-state index is 10.1. The van der Waals surface area contributed by atoms with Gasteiger partial charge in [-0.1, -0.05) is 12.8 Å². The number of nitrogens with zero attached hydrogens (tertiary/aromatic N) is 2. The average molecular weight is 264 g/mol. The molecule has 0 radical (unpaired) electrons. The summed E-state index contributed by atoms with van der Waals surface area (Å²) >= 11 is 0. The van der Waals surface area contributed by atoms with Crippen LogP contribution in [0, 0.1) is 5.92 Å². The smallest absolute Gasteiger partial charge is 0.0650 e. The molecular formula is C15H24N2O2. The van der Waals surface area contributed by atoms with Crippen molar-refractivity contribution in [2.45, 2.75) is 57.1 Å². The standard InChI is InChI=1S/C15H24N2O2/c18-15(9-12-6-8-19-11-12)10-13-5-7-17(16-13)14-3-1-2-4-14/h5,7,12,14-15,18H,1-4,6,8-11H2. The fourth-order valence-corrected chi connectivity index (χ4v) is 3.34. The van der Waals surface area contributed by atoms with Crippen molar-refractivity contribution in [1.29, 1.82) is 0 Å². The maximum absolute atomic E-state index is 10.1. The molecule has 0 amide bonds. The Morgan fingerprint density at radius 2 is 2.21 bits per heavy atom. The van der Waals surface area contributed by atoms with E-state index >= 15 is 0 Å². The minimum Gasteiger partial charge on any atom is -0.393 e. The highest BCUT2D eigenvalue weighted by Crippen LogP contribution is 2.29. The minimum absolute atomic E-state index is 0.279. The first-order chi connectivity index (χ1) is 9.31. The highest BCUT2D eigenvalue weighted by Gasteiger charge is 2.21. The van der Waals surface area contributed by atoms with Crippen LogP contribution in [0.1, 0.15) is 50.3 Å². The van der Waals surface area contributed by atoms with Gasteiger partial charge in [0, 0.05) is 25.8 Å². The van der Waals surface area contributed by atoms with Gasteiger partial charge in [-0.2, -0.15) is 5.10 Å². The van der Waals surface area contributed by atoms with Crippen molar-refractivity contribution < 1.29 is 9.84 Å². The van der Waals surface area contributed by atoms with Crippen LogP contribution in [0.2, 0.25) is 0 Å². The number of hydrogen-bond acceptors (Lipinski definition) is 3. The molecule has 4 heteroatoms. The minimum atomic E-state index is -0.279. The zero-order valence-electron chi connectivity index (χ0n) is 11.5. The number of rotatable bonds is 5. The van der Waals surface area contributed by atoms with Crippen LogP contribution in [-0.2, 0) is 11.2 Å². The van der Waals surface area contributed by atoms with Crippen molar-refractivity contribution in [3.63, 3.8) is 0 Å². The first kappa shape index (κ1) is 13.1. The molecule has 0 aromatic carbocycles. The van der Waals surface area contributed by atoms with Gasteiger partial charge in [0.15, 0.2) is 0 Å². The molecule has 2 atom stereocenters. The third kappa shape index (κ3) is 3.37. The lowest BCUT2D eigenvalue weighted by molar-refractivity contribution is 0.128. The van der Waals surface area contributed by atoms with Crippen LogP contribution >= 0.6 is 0 Å². The van der Waals surface area contributed by atoms with Gasteiger partial charge in [-0.25, -0.2) is 0 Å². The SMILES string of the molecule is OC(Cc1ccn(C2CCCC2)n1)CC1CCOC1. The van der Waals surface area contributed by atoms with Crippen LogP contribution in [0.3, 0.4) is 0 Å². The van der Waals surface area contributed by atoms with E-state index in [2.05, 4.69) is 22.0 Å². The molecular weight excluding hydrogens is 240 g/mol. The van der Waals surface area contributed by atoms with Crippen LogP contribution in [0.25, 0.3) is 0 Å². The summed E-state index contributed by atoms with van der Waals surface area (Å²) in [6.45, 7) is 1.67. The molecule has 1 saturated carbocycles. The number of ether oxygens (including phenoxy) is 1. The van der Waals surface area contributed by atoms with E-state index in [0.29, 0.717) is 18.4 Å². The van der Waals surface area contributed by atoms with Gasteiger partial charge in [-0.05, 0) is 37.7 Å².